The highest BCUT2D eigenvalue weighted by atomic mass is 16.6. The van der Waals surface area contributed by atoms with E-state index in [4.69, 9.17) is 14.2 Å². The second-order valence-corrected chi connectivity index (χ2v) is 5.32. The molecule has 1 rings (SSSR count). The molecule has 0 aliphatic heterocycles. The molecule has 4 heteroatoms. The molecule has 0 spiro atoms. The summed E-state index contributed by atoms with van der Waals surface area (Å²) in [6.07, 6.45) is 0. The number of hydrogen-bond acceptors (Lipinski definition) is 4. The van der Waals surface area contributed by atoms with Crippen LogP contribution in [0.5, 0.6) is 5.75 Å². The molecular formula is C17H22O4. The zero-order chi connectivity index (χ0) is 16.1. The van der Waals surface area contributed by atoms with E-state index in [0.717, 1.165) is 11.3 Å². The topological polar surface area (TPSA) is 44.8 Å². The second kappa shape index (κ2) is 6.64. The molecule has 114 valence electrons. The largest absolute Gasteiger partial charge is 0.497 e. The Labute approximate surface area is 126 Å². The van der Waals surface area contributed by atoms with Crippen molar-refractivity contribution in [1.29, 1.82) is 0 Å². The summed E-state index contributed by atoms with van der Waals surface area (Å²) in [4.78, 5) is 11.4. The van der Waals surface area contributed by atoms with Gasteiger partial charge in [-0.2, -0.15) is 0 Å². The minimum absolute atomic E-state index is 0.397. The SMILES string of the molecule is COc1ccc(C#CC(C)(OC(C)=O)C(C)(C)OC)cc1. The van der Waals surface area contributed by atoms with Crippen molar-refractivity contribution in [2.45, 2.75) is 38.9 Å². The summed E-state index contributed by atoms with van der Waals surface area (Å²) in [7, 11) is 3.18. The molecule has 1 unspecified atom stereocenters. The Hall–Kier alpha value is -1.99. The van der Waals surface area contributed by atoms with Crippen LogP contribution in [0.25, 0.3) is 0 Å². The standard InChI is InChI=1S/C17H22O4/c1-13(18)21-17(4,16(2,3)20-6)12-11-14-7-9-15(19-5)10-8-14/h7-10H,1-6H3. The third-order valence-electron chi connectivity index (χ3n) is 3.54. The van der Waals surface area contributed by atoms with Crippen molar-refractivity contribution in [2.75, 3.05) is 14.2 Å². The van der Waals surface area contributed by atoms with E-state index in [2.05, 4.69) is 11.8 Å². The highest BCUT2D eigenvalue weighted by molar-refractivity contribution is 5.67. The van der Waals surface area contributed by atoms with E-state index in [-0.39, 0.29) is 0 Å². The van der Waals surface area contributed by atoms with E-state index in [9.17, 15) is 4.79 Å². The highest BCUT2D eigenvalue weighted by Gasteiger charge is 2.43. The molecule has 1 aromatic rings. The lowest BCUT2D eigenvalue weighted by atomic mass is 9.87. The predicted octanol–water partition coefficient (Wildman–Crippen LogP) is 2.79. The lowest BCUT2D eigenvalue weighted by Gasteiger charge is -2.38. The van der Waals surface area contributed by atoms with Crippen LogP contribution in [0.4, 0.5) is 0 Å². The Morgan fingerprint density at radius 1 is 1.10 bits per heavy atom. The van der Waals surface area contributed by atoms with Gasteiger partial charge in [-0.15, -0.1) is 0 Å². The molecule has 4 nitrogen and oxygen atoms in total. The van der Waals surface area contributed by atoms with E-state index in [0.29, 0.717) is 0 Å². The number of ether oxygens (including phenoxy) is 3. The van der Waals surface area contributed by atoms with Crippen molar-refractivity contribution in [3.8, 4) is 17.6 Å². The molecule has 21 heavy (non-hydrogen) atoms. The molecular weight excluding hydrogens is 268 g/mol. The van der Waals surface area contributed by atoms with Gasteiger partial charge >= 0.3 is 5.97 Å². The molecule has 1 atom stereocenters. The van der Waals surface area contributed by atoms with Crippen LogP contribution in [0.3, 0.4) is 0 Å². The van der Waals surface area contributed by atoms with Gasteiger partial charge in [-0.25, -0.2) is 0 Å². The van der Waals surface area contributed by atoms with Crippen molar-refractivity contribution in [3.63, 3.8) is 0 Å². The van der Waals surface area contributed by atoms with E-state index < -0.39 is 17.2 Å². The fourth-order valence-electron chi connectivity index (χ4n) is 1.65. The monoisotopic (exact) mass is 290 g/mol. The van der Waals surface area contributed by atoms with Crippen LogP contribution < -0.4 is 4.74 Å². The first-order valence-corrected chi connectivity index (χ1v) is 6.66. The summed E-state index contributed by atoms with van der Waals surface area (Å²) in [6.45, 7) is 6.77. The first-order chi connectivity index (χ1) is 9.74. The van der Waals surface area contributed by atoms with Crippen LogP contribution in [0.1, 0.15) is 33.3 Å². The number of carbonyl (C=O) groups excluding carboxylic acids is 1. The van der Waals surface area contributed by atoms with Crippen LogP contribution >= 0.6 is 0 Å². The van der Waals surface area contributed by atoms with Crippen molar-refractivity contribution in [3.05, 3.63) is 29.8 Å². The number of benzene rings is 1. The molecule has 0 saturated carbocycles. The van der Waals surface area contributed by atoms with Crippen LogP contribution in [0.15, 0.2) is 24.3 Å². The first-order valence-electron chi connectivity index (χ1n) is 6.66. The zero-order valence-electron chi connectivity index (χ0n) is 13.4. The van der Waals surface area contributed by atoms with Gasteiger partial charge in [0.15, 0.2) is 5.60 Å². The molecule has 0 fully saturated rings. The number of esters is 1. The van der Waals surface area contributed by atoms with Gasteiger partial charge in [-0.1, -0.05) is 5.92 Å². The summed E-state index contributed by atoms with van der Waals surface area (Å²) in [5.41, 5.74) is -0.980. The van der Waals surface area contributed by atoms with Crippen LogP contribution in [0.2, 0.25) is 0 Å². The van der Waals surface area contributed by atoms with Crippen molar-refractivity contribution in [1.82, 2.24) is 0 Å². The Morgan fingerprint density at radius 2 is 1.67 bits per heavy atom. The summed E-state index contributed by atoms with van der Waals surface area (Å²) < 4.78 is 15.9. The third kappa shape index (κ3) is 4.24. The van der Waals surface area contributed by atoms with Gasteiger partial charge in [0.05, 0.1) is 7.11 Å². The smallest absolute Gasteiger partial charge is 0.304 e. The second-order valence-electron chi connectivity index (χ2n) is 5.32. The lowest BCUT2D eigenvalue weighted by molar-refractivity contribution is -0.174. The minimum Gasteiger partial charge on any atom is -0.497 e. The van der Waals surface area contributed by atoms with Crippen molar-refractivity contribution in [2.24, 2.45) is 0 Å². The Kier molecular flexibility index (Phi) is 5.40. The van der Waals surface area contributed by atoms with E-state index >= 15 is 0 Å². The fourth-order valence-corrected chi connectivity index (χ4v) is 1.65. The number of hydrogen-bond donors (Lipinski definition) is 0. The van der Waals surface area contributed by atoms with Gasteiger partial charge in [-0.3, -0.25) is 4.79 Å². The number of carbonyl (C=O) groups is 1. The third-order valence-corrected chi connectivity index (χ3v) is 3.54. The maximum Gasteiger partial charge on any atom is 0.304 e. The van der Waals surface area contributed by atoms with E-state index in [1.807, 2.05) is 38.1 Å². The lowest BCUT2D eigenvalue weighted by Crippen LogP contribution is -2.51. The van der Waals surface area contributed by atoms with Gasteiger partial charge in [-0.05, 0) is 51.0 Å². The maximum atomic E-state index is 11.4. The van der Waals surface area contributed by atoms with Gasteiger partial charge in [0.25, 0.3) is 0 Å². The number of methoxy groups -OCH3 is 2. The van der Waals surface area contributed by atoms with Crippen LogP contribution in [-0.4, -0.2) is 31.4 Å². The fraction of sp³-hybridized carbons (Fsp3) is 0.471. The molecule has 0 aromatic heterocycles. The molecule has 0 aliphatic rings. The Bertz CT molecular complexity index is 548. The van der Waals surface area contributed by atoms with Crippen LogP contribution in [0, 0.1) is 11.8 Å². The van der Waals surface area contributed by atoms with Gasteiger partial charge in [0.1, 0.15) is 11.4 Å². The van der Waals surface area contributed by atoms with E-state index in [1.165, 1.54) is 6.92 Å². The van der Waals surface area contributed by atoms with Crippen LogP contribution in [-0.2, 0) is 14.3 Å². The molecule has 0 saturated heterocycles. The average Bonchev–Trinajstić information content (AvgIpc) is 2.44. The summed E-state index contributed by atoms with van der Waals surface area (Å²) >= 11 is 0. The first kappa shape index (κ1) is 17.1. The van der Waals surface area contributed by atoms with Gasteiger partial charge < -0.3 is 14.2 Å². The Balaban J connectivity index is 3.12. The maximum absolute atomic E-state index is 11.4. The molecule has 0 aliphatic carbocycles. The molecule has 0 radical (unpaired) electrons. The number of rotatable bonds is 4. The van der Waals surface area contributed by atoms with Crippen molar-refractivity contribution < 1.29 is 19.0 Å². The normalized spacial score (nSPS) is 13.6. The van der Waals surface area contributed by atoms with Crippen molar-refractivity contribution >= 4 is 5.97 Å². The summed E-state index contributed by atoms with van der Waals surface area (Å²) in [5, 5.41) is 0. The van der Waals surface area contributed by atoms with E-state index in [1.54, 1.807) is 21.1 Å². The quantitative estimate of drug-likeness (QED) is 0.632. The molecule has 0 N–H and O–H groups in total. The summed E-state index contributed by atoms with van der Waals surface area (Å²) in [6, 6.07) is 7.35. The Morgan fingerprint density at radius 3 is 2.10 bits per heavy atom. The minimum atomic E-state index is -1.05. The van der Waals surface area contributed by atoms with Gasteiger partial charge in [0.2, 0.25) is 0 Å². The highest BCUT2D eigenvalue weighted by Crippen LogP contribution is 2.28. The zero-order valence-corrected chi connectivity index (χ0v) is 13.4. The summed E-state index contributed by atoms with van der Waals surface area (Å²) in [5.74, 6) is 6.40. The average molecular weight is 290 g/mol. The predicted molar refractivity (Wildman–Crippen MR) is 81.1 cm³/mol. The molecule has 0 amide bonds. The molecule has 0 bridgehead atoms. The molecule has 1 aromatic carbocycles. The molecule has 0 heterocycles. The van der Waals surface area contributed by atoms with Gasteiger partial charge in [0, 0.05) is 19.6 Å².